The van der Waals surface area contributed by atoms with Crippen LogP contribution in [0.25, 0.3) is 0 Å². The molecule has 0 N–H and O–H groups in total. The topological polar surface area (TPSA) is 66.9 Å². The van der Waals surface area contributed by atoms with Gasteiger partial charge in [0.2, 0.25) is 15.9 Å². The van der Waals surface area contributed by atoms with Gasteiger partial charge in [-0.15, -0.1) is 0 Å². The fraction of sp³-hybridized carbons (Fsp3) is 0.435. The number of carbonyl (C=O) groups excluding carboxylic acids is 1. The second kappa shape index (κ2) is 8.92. The molecule has 8 heteroatoms. The molecule has 2 atom stereocenters. The summed E-state index contributed by atoms with van der Waals surface area (Å²) in [6.07, 6.45) is 2.17. The number of halogens is 1. The first-order valence-corrected chi connectivity index (χ1v) is 12.9. The van der Waals surface area contributed by atoms with E-state index in [1.54, 1.807) is 24.3 Å². The summed E-state index contributed by atoms with van der Waals surface area (Å²) < 4.78 is 34.3. The lowest BCUT2D eigenvalue weighted by atomic mass is 9.97. The van der Waals surface area contributed by atoms with E-state index >= 15 is 0 Å². The maximum Gasteiger partial charge on any atom is 0.243 e. The van der Waals surface area contributed by atoms with Gasteiger partial charge < -0.3 is 9.64 Å². The third-order valence-corrected chi connectivity index (χ3v) is 8.37. The van der Waals surface area contributed by atoms with E-state index in [0.717, 1.165) is 22.1 Å². The first-order chi connectivity index (χ1) is 14.8. The SMILES string of the molecule is CCOc1ccc(S(=O)(=O)N2CCC[C@H](C(=O)N3c4ccc(Br)cc4C[C@H]3C)C2)cc1. The number of nitrogens with zero attached hydrogens (tertiary/aromatic N) is 2. The number of hydrogen-bond acceptors (Lipinski definition) is 4. The van der Waals surface area contributed by atoms with Crippen molar-refractivity contribution < 1.29 is 17.9 Å². The van der Waals surface area contributed by atoms with Gasteiger partial charge in [-0.2, -0.15) is 4.31 Å². The predicted octanol–water partition coefficient (Wildman–Crippen LogP) is 4.23. The molecule has 1 saturated heterocycles. The van der Waals surface area contributed by atoms with Crippen molar-refractivity contribution in [2.24, 2.45) is 5.92 Å². The van der Waals surface area contributed by atoms with Crippen molar-refractivity contribution in [2.45, 2.75) is 44.0 Å². The number of fused-ring (bicyclic) bond motifs is 1. The number of amides is 1. The summed E-state index contributed by atoms with van der Waals surface area (Å²) in [7, 11) is -3.66. The second-order valence-electron chi connectivity index (χ2n) is 8.14. The van der Waals surface area contributed by atoms with Crippen molar-refractivity contribution >= 4 is 37.5 Å². The second-order valence-corrected chi connectivity index (χ2v) is 11.0. The molecular weight excluding hydrogens is 480 g/mol. The number of ether oxygens (including phenoxy) is 1. The van der Waals surface area contributed by atoms with Crippen LogP contribution in [0, 0.1) is 5.92 Å². The van der Waals surface area contributed by atoms with Crippen LogP contribution in [0.15, 0.2) is 51.8 Å². The van der Waals surface area contributed by atoms with Gasteiger partial charge in [-0.1, -0.05) is 15.9 Å². The zero-order valence-corrected chi connectivity index (χ0v) is 20.2. The molecule has 2 aliphatic heterocycles. The Labute approximate surface area is 192 Å². The standard InChI is InChI=1S/C23H27BrN2O4S/c1-3-30-20-7-9-21(10-8-20)31(28,29)25-12-4-5-17(15-25)23(27)26-16(2)13-18-14-19(24)6-11-22(18)26/h6-11,14,16-17H,3-5,12-13,15H2,1-2H3/t16-,17+/m1/s1. The summed E-state index contributed by atoms with van der Waals surface area (Å²) in [5.74, 6) is 0.310. The van der Waals surface area contributed by atoms with Crippen LogP contribution < -0.4 is 9.64 Å². The van der Waals surface area contributed by atoms with Crippen LogP contribution in [0.3, 0.4) is 0 Å². The fourth-order valence-corrected chi connectivity index (χ4v) is 6.45. The number of sulfonamides is 1. The summed E-state index contributed by atoms with van der Waals surface area (Å²) in [6.45, 7) is 5.09. The fourth-order valence-electron chi connectivity index (χ4n) is 4.52. The summed E-state index contributed by atoms with van der Waals surface area (Å²) in [4.78, 5) is 15.6. The molecule has 2 aromatic rings. The molecule has 6 nitrogen and oxygen atoms in total. The van der Waals surface area contributed by atoms with Gasteiger partial charge in [-0.3, -0.25) is 4.79 Å². The maximum atomic E-state index is 13.5. The van der Waals surface area contributed by atoms with Gasteiger partial charge in [0.05, 0.1) is 17.4 Å². The van der Waals surface area contributed by atoms with Gasteiger partial charge in [-0.05, 0) is 81.1 Å². The average Bonchev–Trinajstić information content (AvgIpc) is 3.08. The Bertz CT molecular complexity index is 1070. The quantitative estimate of drug-likeness (QED) is 0.608. The average molecular weight is 507 g/mol. The molecule has 2 heterocycles. The Kier molecular flexibility index (Phi) is 6.42. The molecule has 0 saturated carbocycles. The first-order valence-electron chi connectivity index (χ1n) is 10.7. The molecule has 0 aliphatic carbocycles. The molecule has 166 valence electrons. The molecule has 1 fully saturated rings. The van der Waals surface area contributed by atoms with E-state index in [2.05, 4.69) is 22.0 Å². The van der Waals surface area contributed by atoms with Crippen molar-refractivity contribution in [2.75, 3.05) is 24.6 Å². The molecule has 0 bridgehead atoms. The summed E-state index contributed by atoms with van der Waals surface area (Å²) in [6, 6.07) is 12.5. The van der Waals surface area contributed by atoms with Crippen LogP contribution in [-0.4, -0.2) is 44.4 Å². The van der Waals surface area contributed by atoms with E-state index in [0.29, 0.717) is 31.7 Å². The van der Waals surface area contributed by atoms with Crippen molar-refractivity contribution in [3.63, 3.8) is 0 Å². The van der Waals surface area contributed by atoms with Crippen LogP contribution in [0.4, 0.5) is 5.69 Å². The minimum absolute atomic E-state index is 0.0140. The highest BCUT2D eigenvalue weighted by molar-refractivity contribution is 9.10. The number of rotatable bonds is 5. The summed E-state index contributed by atoms with van der Waals surface area (Å²) >= 11 is 3.50. The lowest BCUT2D eigenvalue weighted by molar-refractivity contribution is -0.123. The Balaban J connectivity index is 1.53. The number of hydrogen-bond donors (Lipinski definition) is 0. The predicted molar refractivity (Wildman–Crippen MR) is 124 cm³/mol. The molecule has 0 radical (unpaired) electrons. The van der Waals surface area contributed by atoms with Gasteiger partial charge in [0.1, 0.15) is 5.75 Å². The van der Waals surface area contributed by atoms with Crippen LogP contribution in [-0.2, 0) is 21.2 Å². The normalized spacial score (nSPS) is 21.7. The summed E-state index contributed by atoms with van der Waals surface area (Å²) in [5.41, 5.74) is 2.08. The van der Waals surface area contributed by atoms with E-state index in [-0.39, 0.29) is 29.3 Å². The number of piperidine rings is 1. The molecular formula is C23H27BrN2O4S. The van der Waals surface area contributed by atoms with Gasteiger partial charge in [0.25, 0.3) is 0 Å². The Morgan fingerprint density at radius 2 is 1.94 bits per heavy atom. The lowest BCUT2D eigenvalue weighted by Gasteiger charge is -2.34. The van der Waals surface area contributed by atoms with Gasteiger partial charge >= 0.3 is 0 Å². The van der Waals surface area contributed by atoms with Crippen LogP contribution in [0.5, 0.6) is 5.75 Å². The van der Waals surface area contributed by atoms with Crippen molar-refractivity contribution in [1.29, 1.82) is 0 Å². The van der Waals surface area contributed by atoms with Crippen LogP contribution in [0.2, 0.25) is 0 Å². The lowest BCUT2D eigenvalue weighted by Crippen LogP contribution is -2.48. The molecule has 31 heavy (non-hydrogen) atoms. The minimum atomic E-state index is -3.66. The molecule has 2 aromatic carbocycles. The van der Waals surface area contributed by atoms with Crippen LogP contribution >= 0.6 is 15.9 Å². The molecule has 0 spiro atoms. The smallest absolute Gasteiger partial charge is 0.243 e. The molecule has 1 amide bonds. The Morgan fingerprint density at radius 1 is 1.19 bits per heavy atom. The van der Waals surface area contributed by atoms with Crippen molar-refractivity contribution in [3.8, 4) is 5.75 Å². The van der Waals surface area contributed by atoms with E-state index in [4.69, 9.17) is 4.74 Å². The molecule has 4 rings (SSSR count). The van der Waals surface area contributed by atoms with Crippen molar-refractivity contribution in [1.82, 2.24) is 4.31 Å². The molecule has 0 aromatic heterocycles. The van der Waals surface area contributed by atoms with E-state index in [1.807, 2.05) is 30.9 Å². The van der Waals surface area contributed by atoms with Gasteiger partial charge in [0, 0.05) is 29.3 Å². The highest BCUT2D eigenvalue weighted by atomic mass is 79.9. The number of anilines is 1. The molecule has 2 aliphatic rings. The highest BCUT2D eigenvalue weighted by Gasteiger charge is 2.39. The molecule has 0 unspecified atom stereocenters. The largest absolute Gasteiger partial charge is 0.494 e. The highest BCUT2D eigenvalue weighted by Crippen LogP contribution is 2.36. The zero-order chi connectivity index (χ0) is 22.2. The third kappa shape index (κ3) is 4.38. The zero-order valence-electron chi connectivity index (χ0n) is 17.8. The number of carbonyl (C=O) groups is 1. The number of benzene rings is 2. The van der Waals surface area contributed by atoms with Crippen molar-refractivity contribution in [3.05, 3.63) is 52.5 Å². The van der Waals surface area contributed by atoms with E-state index < -0.39 is 10.0 Å². The van der Waals surface area contributed by atoms with E-state index in [1.165, 1.54) is 4.31 Å². The summed E-state index contributed by atoms with van der Waals surface area (Å²) in [5, 5.41) is 0. The van der Waals surface area contributed by atoms with E-state index in [9.17, 15) is 13.2 Å². The van der Waals surface area contributed by atoms with Gasteiger partial charge in [-0.25, -0.2) is 8.42 Å². The minimum Gasteiger partial charge on any atom is -0.494 e. The van der Waals surface area contributed by atoms with Crippen LogP contribution in [0.1, 0.15) is 32.3 Å². The Morgan fingerprint density at radius 3 is 2.65 bits per heavy atom. The maximum absolute atomic E-state index is 13.5. The Hall–Kier alpha value is -1.90. The van der Waals surface area contributed by atoms with Gasteiger partial charge in [0.15, 0.2) is 0 Å². The third-order valence-electron chi connectivity index (χ3n) is 6.00. The monoisotopic (exact) mass is 506 g/mol. The first kappa shape index (κ1) is 22.3.